The second-order valence-electron chi connectivity index (χ2n) is 3.26. The molecule has 1 aliphatic heterocycles. The van der Waals surface area contributed by atoms with Crippen LogP contribution in [-0.2, 0) is 15.3 Å². The monoisotopic (exact) mass is 273 g/mol. The molecule has 3 nitrogen and oxygen atoms in total. The number of ether oxygens (including phenoxy) is 1. The highest BCUT2D eigenvalue weighted by Gasteiger charge is 2.36. The van der Waals surface area contributed by atoms with Crippen molar-refractivity contribution in [2.45, 2.75) is 5.72 Å². The summed E-state index contributed by atoms with van der Waals surface area (Å²) in [5.41, 5.74) is -0.697. The van der Waals surface area contributed by atoms with E-state index in [4.69, 9.17) is 4.74 Å². The molecule has 1 atom stereocenters. The molecule has 1 N–H and O–H groups in total. The number of rotatable bonds is 2. The molecule has 1 saturated heterocycles. The summed E-state index contributed by atoms with van der Waals surface area (Å²) in [5, 5.41) is 2.91. The van der Waals surface area contributed by atoms with E-state index in [0.29, 0.717) is 29.5 Å². The van der Waals surface area contributed by atoms with Gasteiger partial charge in [0.05, 0.1) is 11.1 Å². The molecule has 0 amide bonds. The Balaban J connectivity index is 2.43. The third-order valence-electron chi connectivity index (χ3n) is 2.33. The number of benzene rings is 1. The Morgan fingerprint density at radius 3 is 2.93 bits per heavy atom. The number of aldehydes is 1. The first-order valence-electron chi connectivity index (χ1n) is 4.49. The van der Waals surface area contributed by atoms with E-state index in [9.17, 15) is 9.18 Å². The van der Waals surface area contributed by atoms with Gasteiger partial charge in [0.2, 0.25) is 5.72 Å². The molecule has 1 unspecified atom stereocenters. The Morgan fingerprint density at radius 2 is 2.40 bits per heavy atom. The summed E-state index contributed by atoms with van der Waals surface area (Å²) in [4.78, 5) is 11.0. The van der Waals surface area contributed by atoms with E-state index in [1.807, 2.05) is 0 Å². The van der Waals surface area contributed by atoms with Gasteiger partial charge >= 0.3 is 0 Å². The van der Waals surface area contributed by atoms with E-state index in [1.165, 1.54) is 6.07 Å². The van der Waals surface area contributed by atoms with Crippen LogP contribution < -0.4 is 5.32 Å². The van der Waals surface area contributed by atoms with E-state index in [-0.39, 0.29) is 0 Å². The molecule has 1 fully saturated rings. The van der Waals surface area contributed by atoms with Gasteiger partial charge in [-0.05, 0) is 28.1 Å². The first kappa shape index (κ1) is 10.7. The molecule has 1 aromatic rings. The maximum atomic E-state index is 13.3. The summed E-state index contributed by atoms with van der Waals surface area (Å²) >= 11 is 3.05. The molecule has 1 aliphatic rings. The van der Waals surface area contributed by atoms with Crippen LogP contribution in [-0.4, -0.2) is 19.4 Å². The molecule has 0 aliphatic carbocycles. The van der Waals surface area contributed by atoms with Crippen molar-refractivity contribution < 1.29 is 13.9 Å². The zero-order valence-corrected chi connectivity index (χ0v) is 9.38. The minimum Gasteiger partial charge on any atom is -0.348 e. The molecule has 0 radical (unpaired) electrons. The number of halogens is 2. The van der Waals surface area contributed by atoms with E-state index in [2.05, 4.69) is 21.2 Å². The summed E-state index contributed by atoms with van der Waals surface area (Å²) in [6.45, 7) is 1.02. The standard InChI is InChI=1S/C10H9BrFNO2/c11-8-2-1-7(5-9(8)12)10(6-14)13-3-4-15-10/h1-2,5-6,13H,3-4H2. The van der Waals surface area contributed by atoms with Crippen molar-refractivity contribution in [3.8, 4) is 0 Å². The predicted octanol–water partition coefficient (Wildman–Crippen LogP) is 1.56. The van der Waals surface area contributed by atoms with E-state index in [0.717, 1.165) is 0 Å². The summed E-state index contributed by atoms with van der Waals surface area (Å²) in [6, 6.07) is 4.50. The zero-order chi connectivity index (χ0) is 10.9. The largest absolute Gasteiger partial charge is 0.348 e. The van der Waals surface area contributed by atoms with Crippen molar-refractivity contribution in [1.29, 1.82) is 0 Å². The van der Waals surface area contributed by atoms with Gasteiger partial charge in [-0.25, -0.2) is 4.39 Å². The smallest absolute Gasteiger partial charge is 0.202 e. The lowest BCUT2D eigenvalue weighted by Crippen LogP contribution is -2.39. The molecule has 80 valence electrons. The Morgan fingerprint density at radius 1 is 1.60 bits per heavy atom. The molecule has 2 rings (SSSR count). The van der Waals surface area contributed by atoms with Gasteiger partial charge in [0.1, 0.15) is 5.82 Å². The second kappa shape index (κ2) is 4.00. The van der Waals surface area contributed by atoms with Crippen LogP contribution in [0, 0.1) is 5.82 Å². The number of carbonyl (C=O) groups is 1. The van der Waals surface area contributed by atoms with Crippen LogP contribution in [0.15, 0.2) is 22.7 Å². The van der Waals surface area contributed by atoms with Crippen LogP contribution in [0.25, 0.3) is 0 Å². The zero-order valence-electron chi connectivity index (χ0n) is 7.80. The Kier molecular flexibility index (Phi) is 2.86. The highest BCUT2D eigenvalue weighted by molar-refractivity contribution is 9.10. The highest BCUT2D eigenvalue weighted by Crippen LogP contribution is 2.27. The van der Waals surface area contributed by atoms with Crippen LogP contribution in [0.1, 0.15) is 5.56 Å². The van der Waals surface area contributed by atoms with Gasteiger partial charge in [-0.3, -0.25) is 10.1 Å². The van der Waals surface area contributed by atoms with Gasteiger partial charge in [0.15, 0.2) is 6.29 Å². The lowest BCUT2D eigenvalue weighted by Gasteiger charge is -2.22. The van der Waals surface area contributed by atoms with Gasteiger partial charge in [-0.2, -0.15) is 0 Å². The van der Waals surface area contributed by atoms with Crippen LogP contribution in [0.4, 0.5) is 4.39 Å². The van der Waals surface area contributed by atoms with Gasteiger partial charge in [0, 0.05) is 12.1 Å². The van der Waals surface area contributed by atoms with E-state index in [1.54, 1.807) is 12.1 Å². The highest BCUT2D eigenvalue weighted by atomic mass is 79.9. The average Bonchev–Trinajstić information content (AvgIpc) is 2.72. The molecule has 0 saturated carbocycles. The lowest BCUT2D eigenvalue weighted by molar-refractivity contribution is -0.128. The number of carbonyl (C=O) groups excluding carboxylic acids is 1. The normalized spacial score (nSPS) is 25.5. The minimum atomic E-state index is -1.18. The quantitative estimate of drug-likeness (QED) is 0.832. The van der Waals surface area contributed by atoms with Crippen molar-refractivity contribution in [1.82, 2.24) is 5.32 Å². The molecule has 0 aromatic heterocycles. The van der Waals surface area contributed by atoms with E-state index >= 15 is 0 Å². The summed E-state index contributed by atoms with van der Waals surface area (Å²) in [6.07, 6.45) is 0.655. The molecule has 15 heavy (non-hydrogen) atoms. The first-order valence-corrected chi connectivity index (χ1v) is 5.28. The lowest BCUT2D eigenvalue weighted by atomic mass is 10.0. The first-order chi connectivity index (χ1) is 7.18. The number of hydrogen-bond acceptors (Lipinski definition) is 3. The molecular formula is C10H9BrFNO2. The fourth-order valence-corrected chi connectivity index (χ4v) is 1.80. The third kappa shape index (κ3) is 1.82. The summed E-state index contributed by atoms with van der Waals surface area (Å²) in [7, 11) is 0. The van der Waals surface area contributed by atoms with Crippen LogP contribution >= 0.6 is 15.9 Å². The van der Waals surface area contributed by atoms with Crippen molar-refractivity contribution >= 4 is 22.2 Å². The Bertz CT molecular complexity index is 391. The van der Waals surface area contributed by atoms with Crippen molar-refractivity contribution in [2.24, 2.45) is 0 Å². The van der Waals surface area contributed by atoms with E-state index < -0.39 is 11.5 Å². The van der Waals surface area contributed by atoms with Crippen molar-refractivity contribution in [2.75, 3.05) is 13.2 Å². The summed E-state index contributed by atoms with van der Waals surface area (Å²) in [5.74, 6) is -0.411. The minimum absolute atomic E-state index is 0.366. The predicted molar refractivity (Wildman–Crippen MR) is 55.8 cm³/mol. The fourth-order valence-electron chi connectivity index (χ4n) is 1.56. The topological polar surface area (TPSA) is 38.3 Å². The molecule has 1 aromatic carbocycles. The van der Waals surface area contributed by atoms with Crippen LogP contribution in [0.3, 0.4) is 0 Å². The van der Waals surface area contributed by atoms with Gasteiger partial charge in [-0.15, -0.1) is 0 Å². The number of hydrogen-bond donors (Lipinski definition) is 1. The molecule has 0 spiro atoms. The van der Waals surface area contributed by atoms with Gasteiger partial charge in [0.25, 0.3) is 0 Å². The van der Waals surface area contributed by atoms with Crippen LogP contribution in [0.2, 0.25) is 0 Å². The molecule has 0 bridgehead atoms. The summed E-state index contributed by atoms with van der Waals surface area (Å²) < 4.78 is 19.0. The van der Waals surface area contributed by atoms with Crippen molar-refractivity contribution in [3.05, 3.63) is 34.1 Å². The number of nitrogens with one attached hydrogen (secondary N) is 1. The average molecular weight is 274 g/mol. The second-order valence-corrected chi connectivity index (χ2v) is 4.11. The third-order valence-corrected chi connectivity index (χ3v) is 2.98. The maximum Gasteiger partial charge on any atom is 0.202 e. The SMILES string of the molecule is O=CC1(c2ccc(Br)c(F)c2)NCCO1. The molecule has 5 heteroatoms. The maximum absolute atomic E-state index is 13.3. The van der Waals surface area contributed by atoms with Crippen LogP contribution in [0.5, 0.6) is 0 Å². The Labute approximate surface area is 94.7 Å². The molecule has 1 heterocycles. The molecular weight excluding hydrogens is 265 g/mol. The Hall–Kier alpha value is -0.780. The fraction of sp³-hybridized carbons (Fsp3) is 0.300. The van der Waals surface area contributed by atoms with Gasteiger partial charge in [-0.1, -0.05) is 6.07 Å². The van der Waals surface area contributed by atoms with Crippen molar-refractivity contribution in [3.63, 3.8) is 0 Å². The van der Waals surface area contributed by atoms with Gasteiger partial charge < -0.3 is 4.74 Å².